The first-order chi connectivity index (χ1) is 17.0. The van der Waals surface area contributed by atoms with E-state index in [9.17, 15) is 14.3 Å². The average molecular weight is 479 g/mol. The Hall–Kier alpha value is -2.99. The molecule has 1 N–H and O–H groups in total. The molecule has 5 nitrogen and oxygen atoms in total. The highest BCUT2D eigenvalue weighted by molar-refractivity contribution is 5.83. The van der Waals surface area contributed by atoms with Crippen LogP contribution in [-0.4, -0.2) is 47.2 Å². The van der Waals surface area contributed by atoms with E-state index in [0.29, 0.717) is 23.8 Å². The molecule has 6 heteroatoms. The van der Waals surface area contributed by atoms with Crippen LogP contribution in [0.15, 0.2) is 54.7 Å². The molecule has 1 aromatic heterocycles. The quantitative estimate of drug-likeness (QED) is 0.372. The minimum atomic E-state index is -0.717. The molecule has 2 heterocycles. The Labute approximate surface area is 206 Å². The lowest BCUT2D eigenvalue weighted by Crippen LogP contribution is -2.43. The van der Waals surface area contributed by atoms with E-state index in [1.165, 1.54) is 11.8 Å². The van der Waals surface area contributed by atoms with Crippen LogP contribution >= 0.6 is 0 Å². The topological polar surface area (TPSA) is 62.7 Å². The Kier molecular flexibility index (Phi) is 8.69. The minimum absolute atomic E-state index is 0.214. The van der Waals surface area contributed by atoms with Crippen molar-refractivity contribution in [3.63, 3.8) is 0 Å². The highest BCUT2D eigenvalue weighted by Gasteiger charge is 2.29. The maximum absolute atomic E-state index is 14.8. The fourth-order valence-corrected chi connectivity index (χ4v) is 5.44. The fraction of sp³-hybridized carbons (Fsp3) is 0.448. The first kappa shape index (κ1) is 25.1. The molecular weight excluding hydrogens is 443 g/mol. The van der Waals surface area contributed by atoms with Gasteiger partial charge in [0.25, 0.3) is 0 Å². The smallest absolute Gasteiger partial charge is 0.303 e. The molecule has 1 aliphatic rings. The number of methoxy groups -OCH3 is 1. The number of aryl methyl sites for hydroxylation is 2. The van der Waals surface area contributed by atoms with E-state index in [1.54, 1.807) is 7.11 Å². The van der Waals surface area contributed by atoms with Crippen molar-refractivity contribution < 1.29 is 19.0 Å². The predicted octanol–water partition coefficient (Wildman–Crippen LogP) is 5.89. The molecule has 0 amide bonds. The molecule has 2 aromatic carbocycles. The van der Waals surface area contributed by atoms with Gasteiger partial charge in [-0.3, -0.25) is 9.78 Å². The number of aromatic nitrogens is 1. The van der Waals surface area contributed by atoms with Crippen LogP contribution in [0.25, 0.3) is 10.9 Å². The Morgan fingerprint density at radius 1 is 1.17 bits per heavy atom. The van der Waals surface area contributed by atoms with Crippen LogP contribution in [0, 0.1) is 11.7 Å². The largest absolute Gasteiger partial charge is 0.497 e. The first-order valence-corrected chi connectivity index (χ1v) is 12.6. The molecule has 186 valence electrons. The SMILES string of the molecule is COc1ccc2ncc(F)c(CCCC3CC(CC(=O)O)CCN3CCCc3ccccc3)c2c1. The number of nitrogens with zero attached hydrogens (tertiary/aromatic N) is 2. The number of piperidine rings is 1. The van der Waals surface area contributed by atoms with Crippen molar-refractivity contribution in [2.24, 2.45) is 5.92 Å². The third-order valence-corrected chi connectivity index (χ3v) is 7.26. The number of carbonyl (C=O) groups is 1. The molecule has 3 aromatic rings. The number of aliphatic carboxylic acids is 1. The number of ether oxygens (including phenoxy) is 1. The van der Waals surface area contributed by atoms with Crippen LogP contribution < -0.4 is 4.74 Å². The number of fused-ring (bicyclic) bond motifs is 1. The lowest BCUT2D eigenvalue weighted by molar-refractivity contribution is -0.138. The van der Waals surface area contributed by atoms with Crippen LogP contribution in [0.3, 0.4) is 0 Å². The van der Waals surface area contributed by atoms with E-state index in [1.807, 2.05) is 24.3 Å². The second-order valence-electron chi connectivity index (χ2n) is 9.63. The number of benzene rings is 2. The summed E-state index contributed by atoms with van der Waals surface area (Å²) in [6.07, 6.45) is 7.87. The molecule has 0 saturated carbocycles. The van der Waals surface area contributed by atoms with Crippen LogP contribution in [0.2, 0.25) is 0 Å². The molecule has 1 fully saturated rings. The summed E-state index contributed by atoms with van der Waals surface area (Å²) >= 11 is 0. The molecule has 2 atom stereocenters. The molecule has 2 unspecified atom stereocenters. The van der Waals surface area contributed by atoms with E-state index in [4.69, 9.17) is 4.74 Å². The summed E-state index contributed by atoms with van der Waals surface area (Å²) < 4.78 is 20.1. The molecule has 1 aliphatic heterocycles. The van der Waals surface area contributed by atoms with Crippen molar-refractivity contribution in [2.75, 3.05) is 20.2 Å². The van der Waals surface area contributed by atoms with Gasteiger partial charge in [0.2, 0.25) is 0 Å². The number of carboxylic acids is 1. The Bertz CT molecular complexity index is 1120. The number of carboxylic acid groups (broad SMARTS) is 1. The number of likely N-dealkylation sites (tertiary alicyclic amines) is 1. The standard InChI is InChI=1S/C29H35FN2O3/c1-35-24-12-13-28-26(19-24)25(27(30)20-31-28)11-5-10-23-17-22(18-29(33)34)14-16-32(23)15-6-9-21-7-3-2-4-8-21/h2-4,7-8,12-13,19-20,22-23H,5-6,9-11,14-18H2,1H3,(H,33,34). The maximum atomic E-state index is 14.8. The van der Waals surface area contributed by atoms with Gasteiger partial charge in [0.05, 0.1) is 18.8 Å². The second kappa shape index (κ2) is 12.1. The number of halogens is 1. The van der Waals surface area contributed by atoms with Crippen molar-refractivity contribution in [1.29, 1.82) is 0 Å². The van der Waals surface area contributed by atoms with E-state index in [-0.39, 0.29) is 18.2 Å². The second-order valence-corrected chi connectivity index (χ2v) is 9.63. The molecule has 35 heavy (non-hydrogen) atoms. The van der Waals surface area contributed by atoms with E-state index in [0.717, 1.165) is 62.5 Å². The maximum Gasteiger partial charge on any atom is 0.303 e. The molecule has 1 saturated heterocycles. The summed E-state index contributed by atoms with van der Waals surface area (Å²) in [6.45, 7) is 1.93. The van der Waals surface area contributed by atoms with Crippen molar-refractivity contribution in [2.45, 2.75) is 57.4 Å². The van der Waals surface area contributed by atoms with Gasteiger partial charge in [0.15, 0.2) is 0 Å². The molecule has 0 spiro atoms. The predicted molar refractivity (Wildman–Crippen MR) is 136 cm³/mol. The number of hydrogen-bond donors (Lipinski definition) is 1. The molecule has 0 bridgehead atoms. The van der Waals surface area contributed by atoms with E-state index >= 15 is 0 Å². The zero-order chi connectivity index (χ0) is 24.6. The zero-order valence-corrected chi connectivity index (χ0v) is 20.5. The number of rotatable bonds is 11. The average Bonchev–Trinajstić information content (AvgIpc) is 2.86. The normalized spacial score (nSPS) is 18.6. The highest BCUT2D eigenvalue weighted by atomic mass is 19.1. The molecule has 0 aliphatic carbocycles. The lowest BCUT2D eigenvalue weighted by atomic mass is 9.85. The molecule has 0 radical (unpaired) electrons. The van der Waals surface area contributed by atoms with Gasteiger partial charge in [-0.2, -0.15) is 0 Å². The summed E-state index contributed by atoms with van der Waals surface area (Å²) in [4.78, 5) is 18.1. The van der Waals surface area contributed by atoms with Gasteiger partial charge in [-0.25, -0.2) is 4.39 Å². The highest BCUT2D eigenvalue weighted by Crippen LogP contribution is 2.30. The van der Waals surface area contributed by atoms with E-state index in [2.05, 4.69) is 34.1 Å². The fourth-order valence-electron chi connectivity index (χ4n) is 5.44. The summed E-state index contributed by atoms with van der Waals surface area (Å²) in [7, 11) is 1.61. The van der Waals surface area contributed by atoms with Crippen LogP contribution in [0.1, 0.15) is 49.7 Å². The van der Waals surface area contributed by atoms with Crippen molar-refractivity contribution in [3.05, 3.63) is 71.7 Å². The third kappa shape index (κ3) is 6.79. The summed E-state index contributed by atoms with van der Waals surface area (Å²) in [6, 6.07) is 16.4. The van der Waals surface area contributed by atoms with Crippen molar-refractivity contribution in [3.8, 4) is 5.75 Å². The van der Waals surface area contributed by atoms with Gasteiger partial charge in [-0.15, -0.1) is 0 Å². The summed E-state index contributed by atoms with van der Waals surface area (Å²) in [5.74, 6) is -0.0893. The zero-order valence-electron chi connectivity index (χ0n) is 20.5. The van der Waals surface area contributed by atoms with Crippen molar-refractivity contribution in [1.82, 2.24) is 9.88 Å². The van der Waals surface area contributed by atoms with Gasteiger partial charge in [0, 0.05) is 17.8 Å². The number of pyridine rings is 1. The Morgan fingerprint density at radius 2 is 2.00 bits per heavy atom. The van der Waals surface area contributed by atoms with Gasteiger partial charge in [-0.05, 0) is 93.3 Å². The Morgan fingerprint density at radius 3 is 2.77 bits per heavy atom. The summed E-state index contributed by atoms with van der Waals surface area (Å²) in [5.41, 5.74) is 2.80. The third-order valence-electron chi connectivity index (χ3n) is 7.26. The number of hydrogen-bond acceptors (Lipinski definition) is 4. The first-order valence-electron chi connectivity index (χ1n) is 12.6. The minimum Gasteiger partial charge on any atom is -0.497 e. The van der Waals surface area contributed by atoms with Crippen molar-refractivity contribution >= 4 is 16.9 Å². The van der Waals surface area contributed by atoms with Crippen LogP contribution in [0.5, 0.6) is 5.75 Å². The van der Waals surface area contributed by atoms with Gasteiger partial charge in [0.1, 0.15) is 11.6 Å². The lowest BCUT2D eigenvalue weighted by Gasteiger charge is -2.39. The summed E-state index contributed by atoms with van der Waals surface area (Å²) in [5, 5.41) is 10.1. The monoisotopic (exact) mass is 478 g/mol. The van der Waals surface area contributed by atoms with E-state index < -0.39 is 5.97 Å². The van der Waals surface area contributed by atoms with Crippen LogP contribution in [0.4, 0.5) is 4.39 Å². The van der Waals surface area contributed by atoms with Gasteiger partial charge in [-0.1, -0.05) is 30.3 Å². The van der Waals surface area contributed by atoms with Gasteiger partial charge < -0.3 is 14.7 Å². The van der Waals surface area contributed by atoms with Crippen LogP contribution in [-0.2, 0) is 17.6 Å². The Balaban J connectivity index is 1.41. The molecule has 4 rings (SSSR count). The van der Waals surface area contributed by atoms with Gasteiger partial charge >= 0.3 is 5.97 Å². The molecular formula is C29H35FN2O3.